The zero-order valence-corrected chi connectivity index (χ0v) is 15.1. The number of aryl methyl sites for hydroxylation is 1. The lowest BCUT2D eigenvalue weighted by Crippen LogP contribution is -2.33. The second kappa shape index (κ2) is 8.32. The van der Waals surface area contributed by atoms with Gasteiger partial charge >= 0.3 is 0 Å². The van der Waals surface area contributed by atoms with Gasteiger partial charge < -0.3 is 10.2 Å². The van der Waals surface area contributed by atoms with Crippen LogP contribution in [0.25, 0.3) is 0 Å². The van der Waals surface area contributed by atoms with Crippen molar-refractivity contribution in [3.05, 3.63) is 47.0 Å². The molecule has 1 saturated heterocycles. The fourth-order valence-corrected chi connectivity index (χ4v) is 3.73. The van der Waals surface area contributed by atoms with Crippen LogP contribution in [0.15, 0.2) is 35.9 Å². The van der Waals surface area contributed by atoms with E-state index in [1.807, 2.05) is 30.0 Å². The van der Waals surface area contributed by atoms with E-state index in [4.69, 9.17) is 0 Å². The molecule has 134 valence electrons. The monoisotopic (exact) mass is 340 g/mol. The van der Waals surface area contributed by atoms with Gasteiger partial charge in [-0.2, -0.15) is 0 Å². The van der Waals surface area contributed by atoms with Crippen LogP contribution in [0.2, 0.25) is 0 Å². The highest BCUT2D eigenvalue weighted by Crippen LogP contribution is 2.23. The quantitative estimate of drug-likeness (QED) is 0.808. The Labute approximate surface area is 150 Å². The number of amides is 2. The summed E-state index contributed by atoms with van der Waals surface area (Å²) in [6.45, 7) is 3.89. The first-order valence-electron chi connectivity index (χ1n) is 9.41. The molecule has 4 heteroatoms. The number of benzene rings is 1. The molecule has 0 saturated carbocycles. The van der Waals surface area contributed by atoms with Gasteiger partial charge in [0.15, 0.2) is 0 Å². The molecule has 1 aliphatic heterocycles. The molecular weight excluding hydrogens is 312 g/mol. The average Bonchev–Trinajstić information content (AvgIpc) is 3.00. The molecule has 1 aromatic rings. The molecule has 4 nitrogen and oxygen atoms in total. The maximum Gasteiger partial charge on any atom is 0.225 e. The summed E-state index contributed by atoms with van der Waals surface area (Å²) < 4.78 is 0. The lowest BCUT2D eigenvalue weighted by molar-refractivity contribution is -0.129. The Hall–Kier alpha value is -2.10. The van der Waals surface area contributed by atoms with Gasteiger partial charge in [-0.1, -0.05) is 41.5 Å². The molecule has 1 heterocycles. The Balaban J connectivity index is 1.46. The zero-order chi connectivity index (χ0) is 17.6. The molecule has 2 aliphatic rings. The number of rotatable bonds is 6. The number of hydrogen-bond acceptors (Lipinski definition) is 2. The Bertz CT molecular complexity index is 666. The topological polar surface area (TPSA) is 49.4 Å². The third-order valence-corrected chi connectivity index (χ3v) is 5.22. The van der Waals surface area contributed by atoms with E-state index in [1.54, 1.807) is 0 Å². The number of nitrogens with zero attached hydrogens (tertiary/aromatic N) is 1. The van der Waals surface area contributed by atoms with Gasteiger partial charge in [0.25, 0.3) is 0 Å². The number of carbonyl (C=O) groups is 2. The normalized spacial score (nSPS) is 20.5. The van der Waals surface area contributed by atoms with E-state index in [1.165, 1.54) is 36.8 Å². The van der Waals surface area contributed by atoms with E-state index < -0.39 is 0 Å². The third-order valence-electron chi connectivity index (χ3n) is 5.22. The Morgan fingerprint density at radius 2 is 2.20 bits per heavy atom. The maximum atomic E-state index is 12.4. The van der Waals surface area contributed by atoms with Crippen molar-refractivity contribution in [2.75, 3.05) is 13.1 Å². The average molecular weight is 340 g/mol. The van der Waals surface area contributed by atoms with Crippen LogP contribution in [0.1, 0.15) is 49.7 Å². The molecule has 0 spiro atoms. The maximum absolute atomic E-state index is 12.4. The van der Waals surface area contributed by atoms with E-state index in [0.717, 1.165) is 18.5 Å². The molecule has 1 aliphatic carbocycles. The predicted octanol–water partition coefficient (Wildman–Crippen LogP) is 3.35. The van der Waals surface area contributed by atoms with Gasteiger partial charge in [0.1, 0.15) is 0 Å². The summed E-state index contributed by atoms with van der Waals surface area (Å²) in [6, 6.07) is 8.12. The Kier molecular flexibility index (Phi) is 5.90. The van der Waals surface area contributed by atoms with Gasteiger partial charge in [0, 0.05) is 26.1 Å². The van der Waals surface area contributed by atoms with Crippen molar-refractivity contribution in [2.24, 2.45) is 5.92 Å². The van der Waals surface area contributed by atoms with Gasteiger partial charge in [-0.3, -0.25) is 9.59 Å². The van der Waals surface area contributed by atoms with E-state index >= 15 is 0 Å². The van der Waals surface area contributed by atoms with Crippen LogP contribution < -0.4 is 5.32 Å². The van der Waals surface area contributed by atoms with Crippen molar-refractivity contribution in [2.45, 2.75) is 52.0 Å². The summed E-state index contributed by atoms with van der Waals surface area (Å²) in [7, 11) is 0. The lowest BCUT2D eigenvalue weighted by Gasteiger charge is -2.19. The molecular formula is C21H28N2O2. The number of likely N-dealkylation sites (tertiary alicyclic amines) is 1. The van der Waals surface area contributed by atoms with Crippen LogP contribution in [0.5, 0.6) is 0 Å². The molecule has 0 radical (unpaired) electrons. The van der Waals surface area contributed by atoms with E-state index in [9.17, 15) is 9.59 Å². The summed E-state index contributed by atoms with van der Waals surface area (Å²) in [5, 5.41) is 2.99. The minimum absolute atomic E-state index is 0.00534. The highest BCUT2D eigenvalue weighted by atomic mass is 16.2. The summed E-state index contributed by atoms with van der Waals surface area (Å²) in [4.78, 5) is 26.5. The van der Waals surface area contributed by atoms with Gasteiger partial charge in [-0.15, -0.1) is 0 Å². The summed E-state index contributed by atoms with van der Waals surface area (Å²) in [5.74, 6) is -0.0982. The van der Waals surface area contributed by atoms with E-state index in [-0.39, 0.29) is 17.7 Å². The van der Waals surface area contributed by atoms with Gasteiger partial charge in [0.05, 0.1) is 5.92 Å². The minimum atomic E-state index is -0.211. The standard InChI is InChI=1S/C21H28N2O2/c1-16-6-5-9-18(12-16)14-22-21(25)19-13-20(24)23(15-19)11-10-17-7-3-2-4-8-17/h5-7,9,12,19H,2-4,8,10-11,13-15H2,1H3,(H,22,25). The molecule has 1 unspecified atom stereocenters. The summed E-state index contributed by atoms with van der Waals surface area (Å²) >= 11 is 0. The number of carbonyl (C=O) groups excluding carboxylic acids is 2. The van der Waals surface area contributed by atoms with Crippen LogP contribution in [0, 0.1) is 12.8 Å². The van der Waals surface area contributed by atoms with Crippen molar-refractivity contribution in [3.8, 4) is 0 Å². The highest BCUT2D eigenvalue weighted by molar-refractivity contribution is 5.89. The number of allylic oxidation sites excluding steroid dienone is 1. The Morgan fingerprint density at radius 1 is 1.32 bits per heavy atom. The predicted molar refractivity (Wildman–Crippen MR) is 98.9 cm³/mol. The van der Waals surface area contributed by atoms with Gasteiger partial charge in [0.2, 0.25) is 11.8 Å². The largest absolute Gasteiger partial charge is 0.352 e. The fraction of sp³-hybridized carbons (Fsp3) is 0.524. The minimum Gasteiger partial charge on any atom is -0.352 e. The molecule has 1 aromatic carbocycles. The van der Waals surface area contributed by atoms with Crippen molar-refractivity contribution in [3.63, 3.8) is 0 Å². The second-order valence-electron chi connectivity index (χ2n) is 7.31. The first-order valence-corrected chi connectivity index (χ1v) is 9.41. The molecule has 25 heavy (non-hydrogen) atoms. The van der Waals surface area contributed by atoms with Crippen molar-refractivity contribution < 1.29 is 9.59 Å². The molecule has 1 N–H and O–H groups in total. The molecule has 2 amide bonds. The van der Waals surface area contributed by atoms with Crippen molar-refractivity contribution in [1.82, 2.24) is 10.2 Å². The van der Waals surface area contributed by atoms with Crippen molar-refractivity contribution >= 4 is 11.8 Å². The molecule has 1 atom stereocenters. The van der Waals surface area contributed by atoms with Crippen molar-refractivity contribution in [1.29, 1.82) is 0 Å². The first kappa shape index (κ1) is 17.7. The van der Waals surface area contributed by atoms with Crippen LogP contribution in [0.3, 0.4) is 0 Å². The lowest BCUT2D eigenvalue weighted by atomic mass is 9.97. The highest BCUT2D eigenvalue weighted by Gasteiger charge is 2.33. The molecule has 1 fully saturated rings. The third kappa shape index (κ3) is 4.94. The van der Waals surface area contributed by atoms with Gasteiger partial charge in [-0.25, -0.2) is 0 Å². The fourth-order valence-electron chi connectivity index (χ4n) is 3.73. The zero-order valence-electron chi connectivity index (χ0n) is 15.1. The summed E-state index contributed by atoms with van der Waals surface area (Å²) in [5.41, 5.74) is 3.76. The first-order chi connectivity index (χ1) is 12.1. The molecule has 0 bridgehead atoms. The number of hydrogen-bond donors (Lipinski definition) is 1. The second-order valence-corrected chi connectivity index (χ2v) is 7.31. The smallest absolute Gasteiger partial charge is 0.225 e. The van der Waals surface area contributed by atoms with Crippen LogP contribution in [-0.4, -0.2) is 29.8 Å². The summed E-state index contributed by atoms with van der Waals surface area (Å²) in [6.07, 6.45) is 8.53. The van der Waals surface area contributed by atoms with E-state index in [2.05, 4.69) is 17.5 Å². The molecule has 3 rings (SSSR count). The van der Waals surface area contributed by atoms with Gasteiger partial charge in [-0.05, 0) is 44.6 Å². The van der Waals surface area contributed by atoms with E-state index in [0.29, 0.717) is 19.5 Å². The Morgan fingerprint density at radius 3 is 2.96 bits per heavy atom. The number of nitrogens with one attached hydrogen (secondary N) is 1. The van der Waals surface area contributed by atoms with Crippen LogP contribution in [-0.2, 0) is 16.1 Å². The SMILES string of the molecule is Cc1cccc(CNC(=O)C2CC(=O)N(CCC3=CCCCC3)C2)c1. The molecule has 0 aromatic heterocycles. The van der Waals surface area contributed by atoms with Crippen LogP contribution >= 0.6 is 0 Å². The van der Waals surface area contributed by atoms with Crippen LogP contribution in [0.4, 0.5) is 0 Å².